The molecular formula is C18H16N2O3S2. The van der Waals surface area contributed by atoms with Crippen LogP contribution in [0.1, 0.15) is 10.5 Å². The van der Waals surface area contributed by atoms with E-state index < -0.39 is 0 Å². The largest absolute Gasteiger partial charge is 0.486 e. The minimum atomic E-state index is -0.196. The van der Waals surface area contributed by atoms with E-state index in [9.17, 15) is 4.79 Å². The summed E-state index contributed by atoms with van der Waals surface area (Å²) in [6, 6.07) is 9.57. The normalized spacial score (nSPS) is 15.8. The summed E-state index contributed by atoms with van der Waals surface area (Å²) in [6.07, 6.45) is -0.196. The van der Waals surface area contributed by atoms with Crippen LogP contribution in [0.4, 0.5) is 0 Å². The van der Waals surface area contributed by atoms with Gasteiger partial charge in [-0.2, -0.15) is 11.3 Å². The molecule has 0 N–H and O–H groups in total. The molecule has 0 saturated carbocycles. The molecule has 0 bridgehead atoms. The highest BCUT2D eigenvalue weighted by Crippen LogP contribution is 2.31. The third-order valence-electron chi connectivity index (χ3n) is 3.88. The van der Waals surface area contributed by atoms with Gasteiger partial charge < -0.3 is 14.4 Å². The molecule has 2 aromatic heterocycles. The number of aromatic nitrogens is 1. The van der Waals surface area contributed by atoms with Crippen molar-refractivity contribution in [1.82, 2.24) is 9.88 Å². The van der Waals surface area contributed by atoms with Crippen LogP contribution < -0.4 is 9.47 Å². The van der Waals surface area contributed by atoms with Gasteiger partial charge in [0.2, 0.25) is 0 Å². The first-order valence-corrected chi connectivity index (χ1v) is 9.65. The average Bonchev–Trinajstić information content (AvgIpc) is 3.32. The van der Waals surface area contributed by atoms with Crippen molar-refractivity contribution in [3.05, 3.63) is 52.2 Å². The lowest BCUT2D eigenvalue weighted by molar-refractivity contribution is 0.0518. The summed E-state index contributed by atoms with van der Waals surface area (Å²) in [5.74, 6) is 1.35. The van der Waals surface area contributed by atoms with E-state index in [4.69, 9.17) is 9.47 Å². The molecule has 25 heavy (non-hydrogen) atoms. The number of thiophene rings is 1. The molecule has 1 amide bonds. The number of nitrogens with zero attached hydrogens (tertiary/aromatic N) is 2. The number of thiazole rings is 1. The summed E-state index contributed by atoms with van der Waals surface area (Å²) < 4.78 is 11.6. The van der Waals surface area contributed by atoms with Crippen molar-refractivity contribution in [2.45, 2.75) is 6.10 Å². The Hall–Kier alpha value is -2.38. The van der Waals surface area contributed by atoms with E-state index >= 15 is 0 Å². The number of benzene rings is 1. The number of carbonyl (C=O) groups is 1. The topological polar surface area (TPSA) is 51.7 Å². The van der Waals surface area contributed by atoms with E-state index in [1.807, 2.05) is 41.1 Å². The number of amides is 1. The average molecular weight is 372 g/mol. The lowest BCUT2D eigenvalue weighted by atomic mass is 10.2. The Bertz CT molecular complexity index is 876. The van der Waals surface area contributed by atoms with Gasteiger partial charge in [0.25, 0.3) is 5.91 Å². The maximum Gasteiger partial charge on any atom is 0.273 e. The molecule has 0 aliphatic carbocycles. The van der Waals surface area contributed by atoms with E-state index in [2.05, 4.69) is 4.98 Å². The molecule has 0 spiro atoms. The van der Waals surface area contributed by atoms with Gasteiger partial charge in [0.1, 0.15) is 17.3 Å². The summed E-state index contributed by atoms with van der Waals surface area (Å²) in [5.41, 5.74) is 1.52. The Morgan fingerprint density at radius 1 is 1.28 bits per heavy atom. The van der Waals surface area contributed by atoms with Crippen LogP contribution in [0.2, 0.25) is 0 Å². The molecule has 0 radical (unpaired) electrons. The first-order valence-electron chi connectivity index (χ1n) is 7.83. The van der Waals surface area contributed by atoms with Crippen LogP contribution in [0.15, 0.2) is 46.5 Å². The zero-order valence-corrected chi connectivity index (χ0v) is 15.2. The molecule has 3 aromatic rings. The predicted octanol–water partition coefficient (Wildman–Crippen LogP) is 3.78. The van der Waals surface area contributed by atoms with Crippen molar-refractivity contribution < 1.29 is 14.3 Å². The predicted molar refractivity (Wildman–Crippen MR) is 98.7 cm³/mol. The molecule has 128 valence electrons. The molecule has 0 unspecified atom stereocenters. The lowest BCUT2D eigenvalue weighted by Crippen LogP contribution is -2.41. The van der Waals surface area contributed by atoms with Crippen molar-refractivity contribution >= 4 is 28.6 Å². The Labute approximate surface area is 153 Å². The number of rotatable bonds is 4. The maximum absolute atomic E-state index is 12.6. The van der Waals surface area contributed by atoms with Gasteiger partial charge >= 0.3 is 0 Å². The van der Waals surface area contributed by atoms with Gasteiger partial charge in [0.05, 0.1) is 6.54 Å². The monoisotopic (exact) mass is 372 g/mol. The van der Waals surface area contributed by atoms with E-state index in [1.54, 1.807) is 28.7 Å². The number of hydrogen-bond donors (Lipinski definition) is 0. The van der Waals surface area contributed by atoms with Crippen LogP contribution in [0.3, 0.4) is 0 Å². The molecule has 5 nitrogen and oxygen atoms in total. The molecule has 1 atom stereocenters. The zero-order valence-electron chi connectivity index (χ0n) is 13.5. The van der Waals surface area contributed by atoms with Gasteiger partial charge in [-0.3, -0.25) is 4.79 Å². The molecule has 7 heteroatoms. The Balaban J connectivity index is 1.41. The number of fused-ring (bicyclic) bond motifs is 1. The quantitative estimate of drug-likeness (QED) is 0.699. The SMILES string of the molecule is CN(C[C@H]1COc2ccccc2O1)C(=O)c1csc(-c2ccsc2)n1. The molecule has 0 fully saturated rings. The third-order valence-corrected chi connectivity index (χ3v) is 5.46. The number of hydrogen-bond acceptors (Lipinski definition) is 6. The van der Waals surface area contributed by atoms with E-state index in [1.165, 1.54) is 11.3 Å². The number of ether oxygens (including phenoxy) is 2. The minimum Gasteiger partial charge on any atom is -0.486 e. The van der Waals surface area contributed by atoms with Crippen LogP contribution in [-0.4, -0.2) is 42.1 Å². The van der Waals surface area contributed by atoms with Crippen LogP contribution in [0.5, 0.6) is 11.5 Å². The number of likely N-dealkylation sites (N-methyl/N-ethyl adjacent to an activating group) is 1. The molecule has 1 aromatic carbocycles. The smallest absolute Gasteiger partial charge is 0.273 e. The number of para-hydroxylation sites is 2. The van der Waals surface area contributed by atoms with E-state index in [-0.39, 0.29) is 12.0 Å². The summed E-state index contributed by atoms with van der Waals surface area (Å²) in [7, 11) is 1.76. The highest BCUT2D eigenvalue weighted by molar-refractivity contribution is 7.14. The Kier molecular flexibility index (Phi) is 4.42. The molecule has 1 aliphatic rings. The van der Waals surface area contributed by atoms with Crippen molar-refractivity contribution in [1.29, 1.82) is 0 Å². The first-order chi connectivity index (χ1) is 12.2. The van der Waals surface area contributed by atoms with Crippen molar-refractivity contribution in [3.8, 4) is 22.1 Å². The molecule has 4 rings (SSSR count). The molecule has 3 heterocycles. The second kappa shape index (κ2) is 6.85. The summed E-state index contributed by atoms with van der Waals surface area (Å²) in [5, 5.41) is 6.70. The second-order valence-electron chi connectivity index (χ2n) is 5.73. The van der Waals surface area contributed by atoms with Gasteiger partial charge in [-0.15, -0.1) is 11.3 Å². The van der Waals surface area contributed by atoms with Gasteiger partial charge in [-0.1, -0.05) is 12.1 Å². The second-order valence-corrected chi connectivity index (χ2v) is 7.37. The van der Waals surface area contributed by atoms with Gasteiger partial charge in [-0.05, 0) is 23.6 Å². The van der Waals surface area contributed by atoms with Crippen LogP contribution in [-0.2, 0) is 0 Å². The highest BCUT2D eigenvalue weighted by atomic mass is 32.1. The van der Waals surface area contributed by atoms with Gasteiger partial charge in [-0.25, -0.2) is 4.98 Å². The standard InChI is InChI=1S/C18H16N2O3S2/c1-20(8-13-9-22-15-4-2-3-5-16(15)23-13)18(21)14-11-25-17(19-14)12-6-7-24-10-12/h2-7,10-11,13H,8-9H2,1H3/t13-/m0/s1. The van der Waals surface area contributed by atoms with Gasteiger partial charge in [0.15, 0.2) is 17.6 Å². The number of carbonyl (C=O) groups excluding carboxylic acids is 1. The van der Waals surface area contributed by atoms with Crippen LogP contribution in [0, 0.1) is 0 Å². The fraction of sp³-hybridized carbons (Fsp3) is 0.222. The third kappa shape index (κ3) is 3.38. The summed E-state index contributed by atoms with van der Waals surface area (Å²) in [6.45, 7) is 0.865. The Morgan fingerprint density at radius 2 is 2.12 bits per heavy atom. The molecule has 1 aliphatic heterocycles. The van der Waals surface area contributed by atoms with Gasteiger partial charge in [0, 0.05) is 23.4 Å². The fourth-order valence-corrected chi connectivity index (χ4v) is 4.13. The zero-order chi connectivity index (χ0) is 17.2. The van der Waals surface area contributed by atoms with Crippen molar-refractivity contribution in [2.75, 3.05) is 20.2 Å². The summed E-state index contributed by atoms with van der Waals surface area (Å²) >= 11 is 3.10. The van der Waals surface area contributed by atoms with E-state index in [0.29, 0.717) is 24.6 Å². The molecule has 0 saturated heterocycles. The lowest BCUT2D eigenvalue weighted by Gasteiger charge is -2.29. The first kappa shape index (κ1) is 16.1. The highest BCUT2D eigenvalue weighted by Gasteiger charge is 2.25. The summed E-state index contributed by atoms with van der Waals surface area (Å²) in [4.78, 5) is 18.7. The fourth-order valence-electron chi connectivity index (χ4n) is 2.63. The van der Waals surface area contributed by atoms with E-state index in [0.717, 1.165) is 16.3 Å². The maximum atomic E-state index is 12.6. The van der Waals surface area contributed by atoms with Crippen molar-refractivity contribution in [2.24, 2.45) is 0 Å². The van der Waals surface area contributed by atoms with Crippen LogP contribution >= 0.6 is 22.7 Å². The van der Waals surface area contributed by atoms with Crippen molar-refractivity contribution in [3.63, 3.8) is 0 Å². The minimum absolute atomic E-state index is 0.111. The van der Waals surface area contributed by atoms with Crippen LogP contribution in [0.25, 0.3) is 10.6 Å². The Morgan fingerprint density at radius 3 is 2.92 bits per heavy atom. The molecular weight excluding hydrogens is 356 g/mol.